The lowest BCUT2D eigenvalue weighted by Crippen LogP contribution is -2.45. The van der Waals surface area contributed by atoms with Crippen LogP contribution in [-0.4, -0.2) is 31.5 Å². The molecule has 0 aromatic heterocycles. The average molecular weight is 365 g/mol. The highest BCUT2D eigenvalue weighted by atomic mass is 79.9. The van der Waals surface area contributed by atoms with Gasteiger partial charge in [0, 0.05) is 23.2 Å². The van der Waals surface area contributed by atoms with Crippen molar-refractivity contribution in [2.24, 2.45) is 4.99 Å². The van der Waals surface area contributed by atoms with Gasteiger partial charge in [-0.05, 0) is 37.5 Å². The predicted molar refractivity (Wildman–Crippen MR) is 94.2 cm³/mol. The number of nitrogens with one attached hydrogen (secondary N) is 3. The Morgan fingerprint density at radius 3 is 2.77 bits per heavy atom. The van der Waals surface area contributed by atoms with E-state index in [1.807, 2.05) is 25.1 Å². The highest BCUT2D eigenvalue weighted by Crippen LogP contribution is 2.20. The van der Waals surface area contributed by atoms with Crippen molar-refractivity contribution in [2.45, 2.75) is 25.8 Å². The van der Waals surface area contributed by atoms with E-state index >= 15 is 0 Å². The highest BCUT2D eigenvalue weighted by Gasteiger charge is 2.12. The molecule has 2 rings (SSSR count). The Morgan fingerprint density at radius 1 is 1.36 bits per heavy atom. The van der Waals surface area contributed by atoms with Crippen molar-refractivity contribution in [1.29, 1.82) is 0 Å². The first-order valence-electron chi connectivity index (χ1n) is 7.26. The van der Waals surface area contributed by atoms with Gasteiger partial charge in [0.15, 0.2) is 5.96 Å². The third kappa shape index (κ3) is 4.87. The molecule has 3 N–H and O–H groups in total. The van der Waals surface area contributed by atoms with Crippen molar-refractivity contribution in [3.05, 3.63) is 40.4 Å². The van der Waals surface area contributed by atoms with Crippen molar-refractivity contribution in [3.8, 4) is 0 Å². The fraction of sp³-hybridized carbons (Fsp3) is 0.375. The summed E-state index contributed by atoms with van der Waals surface area (Å²) in [5.41, 5.74) is 1.83. The van der Waals surface area contributed by atoms with Crippen molar-refractivity contribution in [1.82, 2.24) is 10.6 Å². The van der Waals surface area contributed by atoms with E-state index in [2.05, 4.69) is 49.0 Å². The maximum absolute atomic E-state index is 12.0. The van der Waals surface area contributed by atoms with Gasteiger partial charge in [-0.2, -0.15) is 0 Å². The third-order valence-electron chi connectivity index (χ3n) is 3.46. The molecule has 1 amide bonds. The molecule has 0 aliphatic heterocycles. The van der Waals surface area contributed by atoms with Crippen molar-refractivity contribution in [3.63, 3.8) is 0 Å². The molecule has 0 spiro atoms. The number of rotatable bonds is 4. The molecule has 1 aliphatic carbocycles. The molecule has 0 saturated carbocycles. The molecule has 1 aromatic carbocycles. The summed E-state index contributed by atoms with van der Waals surface area (Å²) in [7, 11) is 1.70. The van der Waals surface area contributed by atoms with E-state index in [4.69, 9.17) is 0 Å². The monoisotopic (exact) mass is 364 g/mol. The molecular weight excluding hydrogens is 344 g/mol. The maximum Gasteiger partial charge on any atom is 0.243 e. The van der Waals surface area contributed by atoms with E-state index in [-0.39, 0.29) is 12.5 Å². The number of benzene rings is 1. The number of aryl methyl sites for hydroxylation is 1. The molecular formula is C16H21BrN4O. The van der Waals surface area contributed by atoms with Gasteiger partial charge in [-0.3, -0.25) is 9.79 Å². The van der Waals surface area contributed by atoms with Gasteiger partial charge in [-0.1, -0.05) is 34.1 Å². The van der Waals surface area contributed by atoms with Crippen LogP contribution >= 0.6 is 15.9 Å². The number of nitrogens with zero attached hydrogens (tertiary/aromatic N) is 1. The summed E-state index contributed by atoms with van der Waals surface area (Å²) in [6, 6.07) is 6.16. The molecule has 0 saturated heterocycles. The number of guanidine groups is 1. The van der Waals surface area contributed by atoms with Crippen LogP contribution in [0.4, 0.5) is 5.69 Å². The Hall–Kier alpha value is -1.82. The van der Waals surface area contributed by atoms with E-state index in [1.54, 1.807) is 7.05 Å². The van der Waals surface area contributed by atoms with E-state index in [0.29, 0.717) is 12.0 Å². The molecule has 0 atom stereocenters. The molecule has 1 aliphatic rings. The fourth-order valence-electron chi connectivity index (χ4n) is 2.21. The molecule has 6 heteroatoms. The summed E-state index contributed by atoms with van der Waals surface area (Å²) in [6.07, 6.45) is 6.27. The van der Waals surface area contributed by atoms with Crippen molar-refractivity contribution < 1.29 is 4.79 Å². The lowest BCUT2D eigenvalue weighted by Gasteiger charge is -2.17. The number of hydrogen-bond acceptors (Lipinski definition) is 2. The first-order valence-corrected chi connectivity index (χ1v) is 8.06. The third-order valence-corrected chi connectivity index (χ3v) is 3.96. The van der Waals surface area contributed by atoms with Crippen LogP contribution in [0, 0.1) is 6.92 Å². The van der Waals surface area contributed by atoms with Crippen LogP contribution in [0.1, 0.15) is 18.4 Å². The van der Waals surface area contributed by atoms with Gasteiger partial charge in [0.1, 0.15) is 0 Å². The van der Waals surface area contributed by atoms with Crippen LogP contribution in [-0.2, 0) is 4.79 Å². The summed E-state index contributed by atoms with van der Waals surface area (Å²) in [4.78, 5) is 16.2. The van der Waals surface area contributed by atoms with Gasteiger partial charge in [0.2, 0.25) is 5.91 Å². The van der Waals surface area contributed by atoms with Crippen LogP contribution in [0.15, 0.2) is 39.8 Å². The van der Waals surface area contributed by atoms with Crippen LogP contribution < -0.4 is 16.0 Å². The molecule has 1 aromatic rings. The largest absolute Gasteiger partial charge is 0.353 e. The highest BCUT2D eigenvalue weighted by molar-refractivity contribution is 9.10. The van der Waals surface area contributed by atoms with Gasteiger partial charge >= 0.3 is 0 Å². The molecule has 5 nitrogen and oxygen atoms in total. The normalized spacial score (nSPS) is 15.0. The van der Waals surface area contributed by atoms with E-state index < -0.39 is 0 Å². The second-order valence-electron chi connectivity index (χ2n) is 5.22. The molecule has 0 unspecified atom stereocenters. The van der Waals surface area contributed by atoms with E-state index in [1.165, 1.54) is 0 Å². The minimum absolute atomic E-state index is 0.103. The fourth-order valence-corrected chi connectivity index (χ4v) is 2.57. The molecule has 22 heavy (non-hydrogen) atoms. The molecule has 0 bridgehead atoms. The first kappa shape index (κ1) is 16.5. The zero-order valence-corrected chi connectivity index (χ0v) is 14.4. The predicted octanol–water partition coefficient (Wildman–Crippen LogP) is 2.58. The maximum atomic E-state index is 12.0. The Labute approximate surface area is 139 Å². The quantitative estimate of drug-likeness (QED) is 0.437. The van der Waals surface area contributed by atoms with Crippen molar-refractivity contribution >= 4 is 33.5 Å². The van der Waals surface area contributed by atoms with Crippen LogP contribution in [0.3, 0.4) is 0 Å². The molecule has 0 radical (unpaired) electrons. The summed E-state index contributed by atoms with van der Waals surface area (Å²) in [6.45, 7) is 2.13. The molecule has 0 heterocycles. The minimum Gasteiger partial charge on any atom is -0.353 e. The lowest BCUT2D eigenvalue weighted by atomic mass is 10.2. The average Bonchev–Trinajstić information content (AvgIpc) is 3.00. The summed E-state index contributed by atoms with van der Waals surface area (Å²) in [5.74, 6) is 0.545. The first-order chi connectivity index (χ1) is 10.6. The van der Waals surface area contributed by atoms with Gasteiger partial charge < -0.3 is 16.0 Å². The number of amides is 1. The Morgan fingerprint density at radius 2 is 2.09 bits per heavy atom. The second-order valence-corrected chi connectivity index (χ2v) is 6.13. The zero-order valence-electron chi connectivity index (χ0n) is 12.8. The second kappa shape index (κ2) is 7.98. The number of carbonyl (C=O) groups excluding carboxylic acids is 1. The van der Waals surface area contributed by atoms with E-state index in [0.717, 1.165) is 28.6 Å². The Balaban J connectivity index is 1.82. The number of aliphatic imine (C=N–C) groups is 1. The zero-order chi connectivity index (χ0) is 15.9. The van der Waals surface area contributed by atoms with Gasteiger partial charge in [-0.15, -0.1) is 0 Å². The number of carbonyl (C=O) groups is 1. The minimum atomic E-state index is -0.103. The van der Waals surface area contributed by atoms with Crippen LogP contribution in [0.5, 0.6) is 0 Å². The Bertz CT molecular complexity index is 590. The molecule has 0 fully saturated rings. The number of halogens is 1. The smallest absolute Gasteiger partial charge is 0.243 e. The SMILES string of the molecule is CN=C(NCC(=O)Nc1cc(Br)ccc1C)NC1CC=CC1. The lowest BCUT2D eigenvalue weighted by molar-refractivity contribution is -0.115. The molecule has 118 valence electrons. The van der Waals surface area contributed by atoms with Crippen LogP contribution in [0.2, 0.25) is 0 Å². The van der Waals surface area contributed by atoms with Crippen LogP contribution in [0.25, 0.3) is 0 Å². The standard InChI is InChI=1S/C16H21BrN4O/c1-11-7-8-12(17)9-14(11)21-15(22)10-19-16(18-2)20-13-5-3-4-6-13/h3-4,7-9,13H,5-6,10H2,1-2H3,(H,21,22)(H2,18,19,20). The van der Waals surface area contributed by atoms with Crippen molar-refractivity contribution in [2.75, 3.05) is 18.9 Å². The van der Waals surface area contributed by atoms with Gasteiger partial charge in [-0.25, -0.2) is 0 Å². The summed E-state index contributed by atoms with van der Waals surface area (Å²) < 4.78 is 0.938. The topological polar surface area (TPSA) is 65.5 Å². The van der Waals surface area contributed by atoms with E-state index in [9.17, 15) is 4.79 Å². The number of hydrogen-bond donors (Lipinski definition) is 3. The summed E-state index contributed by atoms with van der Waals surface area (Å²) >= 11 is 3.41. The Kier molecular flexibility index (Phi) is 6.00. The van der Waals surface area contributed by atoms with Gasteiger partial charge in [0.05, 0.1) is 6.54 Å². The van der Waals surface area contributed by atoms with Gasteiger partial charge in [0.25, 0.3) is 0 Å². The summed E-state index contributed by atoms with van der Waals surface area (Å²) in [5, 5.41) is 9.23. The number of anilines is 1.